The molecule has 0 saturated heterocycles. The molecule has 1 aromatic rings. The van der Waals surface area contributed by atoms with E-state index in [1.54, 1.807) is 11.1 Å². The van der Waals surface area contributed by atoms with Crippen molar-refractivity contribution >= 4 is 0 Å². The molecular weight excluding hydrogens is 192 g/mol. The SMILES string of the molecule is CCC1CCc2cc(CC(C)(C)C)ccc21. The van der Waals surface area contributed by atoms with Crippen molar-refractivity contribution in [1.82, 2.24) is 0 Å². The first-order valence-electron chi connectivity index (χ1n) is 6.61. The van der Waals surface area contributed by atoms with Gasteiger partial charge in [-0.3, -0.25) is 0 Å². The zero-order valence-electron chi connectivity index (χ0n) is 11.1. The Kier molecular flexibility index (Phi) is 3.10. The van der Waals surface area contributed by atoms with Gasteiger partial charge in [0.15, 0.2) is 0 Å². The van der Waals surface area contributed by atoms with Crippen molar-refractivity contribution in [3.63, 3.8) is 0 Å². The van der Waals surface area contributed by atoms with Gasteiger partial charge in [-0.2, -0.15) is 0 Å². The summed E-state index contributed by atoms with van der Waals surface area (Å²) in [4.78, 5) is 0. The highest BCUT2D eigenvalue weighted by Crippen LogP contribution is 2.36. The van der Waals surface area contributed by atoms with E-state index in [1.165, 1.54) is 31.2 Å². The summed E-state index contributed by atoms with van der Waals surface area (Å²) in [5, 5.41) is 0. The second-order valence-corrected chi connectivity index (χ2v) is 6.41. The van der Waals surface area contributed by atoms with E-state index in [9.17, 15) is 0 Å². The fourth-order valence-corrected chi connectivity index (χ4v) is 2.91. The molecule has 0 heteroatoms. The summed E-state index contributed by atoms with van der Waals surface area (Å²) in [5.41, 5.74) is 5.16. The minimum Gasteiger partial charge on any atom is -0.0648 e. The van der Waals surface area contributed by atoms with Crippen molar-refractivity contribution < 1.29 is 0 Å². The van der Waals surface area contributed by atoms with Crippen LogP contribution >= 0.6 is 0 Å². The third-order valence-corrected chi connectivity index (χ3v) is 3.64. The average molecular weight is 216 g/mol. The van der Waals surface area contributed by atoms with Crippen molar-refractivity contribution in [3.8, 4) is 0 Å². The summed E-state index contributed by atoms with van der Waals surface area (Å²) >= 11 is 0. The Morgan fingerprint density at radius 3 is 2.62 bits per heavy atom. The Morgan fingerprint density at radius 2 is 2.00 bits per heavy atom. The van der Waals surface area contributed by atoms with Gasteiger partial charge >= 0.3 is 0 Å². The number of fused-ring (bicyclic) bond motifs is 1. The third-order valence-electron chi connectivity index (χ3n) is 3.64. The minimum atomic E-state index is 0.400. The van der Waals surface area contributed by atoms with Crippen LogP contribution in [0.1, 0.15) is 63.1 Å². The molecule has 16 heavy (non-hydrogen) atoms. The molecule has 0 bridgehead atoms. The molecule has 1 unspecified atom stereocenters. The van der Waals surface area contributed by atoms with Gasteiger partial charge in [0.2, 0.25) is 0 Å². The largest absolute Gasteiger partial charge is 0.0648 e. The molecular formula is C16H24. The van der Waals surface area contributed by atoms with Crippen molar-refractivity contribution in [3.05, 3.63) is 34.9 Å². The predicted molar refractivity (Wildman–Crippen MR) is 71.0 cm³/mol. The molecule has 0 heterocycles. The molecule has 88 valence electrons. The molecule has 0 amide bonds. The minimum absolute atomic E-state index is 0.400. The van der Waals surface area contributed by atoms with E-state index < -0.39 is 0 Å². The van der Waals surface area contributed by atoms with Crippen molar-refractivity contribution in [2.45, 2.75) is 59.3 Å². The number of aryl methyl sites for hydroxylation is 1. The molecule has 0 spiro atoms. The standard InChI is InChI=1S/C16H24/c1-5-13-7-8-14-10-12(6-9-15(13)14)11-16(2,3)4/h6,9-10,13H,5,7-8,11H2,1-4H3. The van der Waals surface area contributed by atoms with E-state index in [2.05, 4.69) is 45.9 Å². The quantitative estimate of drug-likeness (QED) is 0.671. The van der Waals surface area contributed by atoms with E-state index in [0.717, 1.165) is 5.92 Å². The second kappa shape index (κ2) is 4.24. The average Bonchev–Trinajstić information content (AvgIpc) is 2.57. The molecule has 1 atom stereocenters. The first kappa shape index (κ1) is 11.7. The highest BCUT2D eigenvalue weighted by Gasteiger charge is 2.21. The van der Waals surface area contributed by atoms with Gasteiger partial charge in [0.1, 0.15) is 0 Å². The summed E-state index contributed by atoms with van der Waals surface area (Å²) in [7, 11) is 0. The highest BCUT2D eigenvalue weighted by molar-refractivity contribution is 5.38. The summed E-state index contributed by atoms with van der Waals surface area (Å²) in [6.07, 6.45) is 5.15. The lowest BCUT2D eigenvalue weighted by Crippen LogP contribution is -2.09. The van der Waals surface area contributed by atoms with Gasteiger partial charge < -0.3 is 0 Å². The van der Waals surface area contributed by atoms with Crippen molar-refractivity contribution in [2.75, 3.05) is 0 Å². The number of hydrogen-bond donors (Lipinski definition) is 0. The topological polar surface area (TPSA) is 0 Å². The first-order valence-corrected chi connectivity index (χ1v) is 6.61. The zero-order chi connectivity index (χ0) is 11.8. The summed E-state index contributed by atoms with van der Waals surface area (Å²) in [6, 6.07) is 7.19. The third kappa shape index (κ3) is 2.48. The van der Waals surface area contributed by atoms with Gasteiger partial charge in [-0.25, -0.2) is 0 Å². The Hall–Kier alpha value is -0.780. The van der Waals surface area contributed by atoms with Crippen LogP contribution in [0.2, 0.25) is 0 Å². The van der Waals surface area contributed by atoms with E-state index >= 15 is 0 Å². The number of hydrogen-bond acceptors (Lipinski definition) is 0. The van der Waals surface area contributed by atoms with E-state index in [-0.39, 0.29) is 0 Å². The molecule has 0 fully saturated rings. The molecule has 0 saturated carbocycles. The molecule has 1 aromatic carbocycles. The van der Waals surface area contributed by atoms with Gasteiger partial charge in [0.05, 0.1) is 0 Å². The Labute approximate surface area is 100 Å². The fraction of sp³-hybridized carbons (Fsp3) is 0.625. The lowest BCUT2D eigenvalue weighted by atomic mass is 9.87. The molecule has 0 nitrogen and oxygen atoms in total. The highest BCUT2D eigenvalue weighted by atomic mass is 14.3. The van der Waals surface area contributed by atoms with Crippen LogP contribution in [0, 0.1) is 5.41 Å². The molecule has 0 aliphatic heterocycles. The van der Waals surface area contributed by atoms with Crippen LogP contribution in [-0.2, 0) is 12.8 Å². The van der Waals surface area contributed by atoms with E-state index in [4.69, 9.17) is 0 Å². The van der Waals surface area contributed by atoms with Gasteiger partial charge in [0, 0.05) is 0 Å². The molecule has 0 N–H and O–H groups in total. The second-order valence-electron chi connectivity index (χ2n) is 6.41. The lowest BCUT2D eigenvalue weighted by Gasteiger charge is -2.19. The van der Waals surface area contributed by atoms with Gasteiger partial charge in [-0.15, -0.1) is 0 Å². The van der Waals surface area contributed by atoms with Crippen LogP contribution in [-0.4, -0.2) is 0 Å². The molecule has 1 aliphatic rings. The molecule has 2 rings (SSSR count). The Bertz CT molecular complexity index is 368. The van der Waals surface area contributed by atoms with Gasteiger partial charge in [-0.1, -0.05) is 45.9 Å². The fourth-order valence-electron chi connectivity index (χ4n) is 2.91. The van der Waals surface area contributed by atoms with Crippen molar-refractivity contribution in [2.24, 2.45) is 5.41 Å². The predicted octanol–water partition coefficient (Wildman–Crippen LogP) is 4.72. The Morgan fingerprint density at radius 1 is 1.25 bits per heavy atom. The molecule has 0 aromatic heterocycles. The smallest absolute Gasteiger partial charge is 0.0159 e. The zero-order valence-corrected chi connectivity index (χ0v) is 11.1. The summed E-state index contributed by atoms with van der Waals surface area (Å²) in [6.45, 7) is 9.25. The van der Waals surface area contributed by atoms with Crippen LogP contribution < -0.4 is 0 Å². The first-order chi connectivity index (χ1) is 7.49. The maximum Gasteiger partial charge on any atom is -0.0159 e. The number of benzene rings is 1. The maximum atomic E-state index is 2.45. The maximum absolute atomic E-state index is 2.45. The number of rotatable bonds is 2. The lowest BCUT2D eigenvalue weighted by molar-refractivity contribution is 0.411. The summed E-state index contributed by atoms with van der Waals surface area (Å²) < 4.78 is 0. The van der Waals surface area contributed by atoms with Crippen LogP contribution in [0.25, 0.3) is 0 Å². The molecule has 1 aliphatic carbocycles. The van der Waals surface area contributed by atoms with Crippen LogP contribution in [0.4, 0.5) is 0 Å². The van der Waals surface area contributed by atoms with E-state index in [1.807, 2.05) is 0 Å². The van der Waals surface area contributed by atoms with Crippen molar-refractivity contribution in [1.29, 1.82) is 0 Å². The van der Waals surface area contributed by atoms with E-state index in [0.29, 0.717) is 5.41 Å². The normalized spacial score (nSPS) is 19.9. The Balaban J connectivity index is 2.21. The molecule has 0 radical (unpaired) electrons. The van der Waals surface area contributed by atoms with Gasteiger partial charge in [0.25, 0.3) is 0 Å². The summed E-state index contributed by atoms with van der Waals surface area (Å²) in [5.74, 6) is 0.832. The van der Waals surface area contributed by atoms with Crippen LogP contribution in [0.15, 0.2) is 18.2 Å². The van der Waals surface area contributed by atoms with Crippen LogP contribution in [0.5, 0.6) is 0 Å². The monoisotopic (exact) mass is 216 g/mol. The van der Waals surface area contributed by atoms with Gasteiger partial charge in [-0.05, 0) is 53.7 Å². The van der Waals surface area contributed by atoms with Crippen LogP contribution in [0.3, 0.4) is 0 Å².